The number of rotatable bonds is 6. The minimum Gasteiger partial charge on any atom is -0.368 e. The van der Waals surface area contributed by atoms with Crippen LogP contribution in [0.5, 0.6) is 0 Å². The average molecular weight is 336 g/mol. The van der Waals surface area contributed by atoms with Gasteiger partial charge in [0, 0.05) is 23.3 Å². The van der Waals surface area contributed by atoms with Gasteiger partial charge in [-0.15, -0.1) is 0 Å². The molecule has 2 heterocycles. The van der Waals surface area contributed by atoms with Gasteiger partial charge in [-0.05, 0) is 0 Å². The lowest BCUT2D eigenvalue weighted by atomic mass is 10.3. The van der Waals surface area contributed by atoms with E-state index in [9.17, 15) is 0 Å². The van der Waals surface area contributed by atoms with Gasteiger partial charge in [0.05, 0.1) is 0 Å². The van der Waals surface area contributed by atoms with Crippen molar-refractivity contribution in [3.63, 3.8) is 0 Å². The molecule has 2 aromatic heterocycles. The Kier molecular flexibility index (Phi) is 5.32. The molecule has 2 unspecified atom stereocenters. The number of hydrogen-bond donors (Lipinski definition) is 4. The molecular formula is C12H20N10S. The molecule has 2 aromatic rings. The molecule has 0 aliphatic rings. The van der Waals surface area contributed by atoms with Crippen molar-refractivity contribution in [2.75, 3.05) is 22.9 Å². The maximum Gasteiger partial charge on any atom is 0.225 e. The van der Waals surface area contributed by atoms with Crippen molar-refractivity contribution >= 4 is 35.6 Å². The van der Waals surface area contributed by atoms with Crippen molar-refractivity contribution in [2.45, 2.75) is 37.2 Å². The molecule has 124 valence electrons. The lowest BCUT2D eigenvalue weighted by Crippen LogP contribution is -2.16. The summed E-state index contributed by atoms with van der Waals surface area (Å²) in [7, 11) is 0. The normalized spacial score (nSPS) is 13.7. The van der Waals surface area contributed by atoms with Crippen LogP contribution in [-0.2, 0) is 12.8 Å². The monoisotopic (exact) mass is 336 g/mol. The van der Waals surface area contributed by atoms with Crippen LogP contribution in [0, 0.1) is 0 Å². The first-order valence-electron chi connectivity index (χ1n) is 6.99. The van der Waals surface area contributed by atoms with Gasteiger partial charge in [0.2, 0.25) is 23.8 Å². The van der Waals surface area contributed by atoms with E-state index in [1.807, 2.05) is 0 Å². The fourth-order valence-corrected chi connectivity index (χ4v) is 3.39. The Morgan fingerprint density at radius 1 is 0.652 bits per heavy atom. The van der Waals surface area contributed by atoms with E-state index in [0.717, 1.165) is 0 Å². The maximum atomic E-state index is 5.57. The lowest BCUT2D eigenvalue weighted by molar-refractivity contribution is 0.811. The molecule has 2 atom stereocenters. The molecule has 0 saturated heterocycles. The Hall–Kier alpha value is -2.43. The van der Waals surface area contributed by atoms with Crippen LogP contribution in [0.3, 0.4) is 0 Å². The number of nitrogens with zero attached hydrogens (tertiary/aromatic N) is 6. The Morgan fingerprint density at radius 3 is 1.26 bits per heavy atom. The zero-order chi connectivity index (χ0) is 17.0. The number of thioether (sulfide) groups is 1. The van der Waals surface area contributed by atoms with Crippen molar-refractivity contribution in [3.05, 3.63) is 11.6 Å². The van der Waals surface area contributed by atoms with Crippen LogP contribution in [0.4, 0.5) is 23.8 Å². The molecule has 0 saturated carbocycles. The summed E-state index contributed by atoms with van der Waals surface area (Å²) in [6.45, 7) is 4.15. The first-order valence-corrected chi connectivity index (χ1v) is 7.93. The number of hydrogen-bond acceptors (Lipinski definition) is 11. The fraction of sp³-hybridized carbons (Fsp3) is 0.500. The Labute approximate surface area is 137 Å². The van der Waals surface area contributed by atoms with E-state index >= 15 is 0 Å². The van der Waals surface area contributed by atoms with Crippen LogP contribution < -0.4 is 22.9 Å². The Balaban J connectivity index is 1.92. The minimum absolute atomic E-state index is 0.133. The van der Waals surface area contributed by atoms with Gasteiger partial charge in [-0.2, -0.15) is 41.7 Å². The van der Waals surface area contributed by atoms with Crippen LogP contribution in [0.25, 0.3) is 0 Å². The largest absolute Gasteiger partial charge is 0.368 e. The van der Waals surface area contributed by atoms with Crippen LogP contribution >= 0.6 is 11.8 Å². The number of aromatic nitrogens is 6. The van der Waals surface area contributed by atoms with Gasteiger partial charge in [-0.25, -0.2) is 0 Å². The quantitative estimate of drug-likeness (QED) is 0.542. The second kappa shape index (κ2) is 7.22. The van der Waals surface area contributed by atoms with Crippen molar-refractivity contribution in [3.8, 4) is 0 Å². The molecule has 0 aliphatic heterocycles. The molecule has 0 radical (unpaired) electrons. The van der Waals surface area contributed by atoms with Crippen LogP contribution in [0.2, 0.25) is 0 Å². The maximum absolute atomic E-state index is 5.57. The van der Waals surface area contributed by atoms with E-state index in [1.54, 1.807) is 11.8 Å². The molecule has 2 rings (SSSR count). The van der Waals surface area contributed by atoms with E-state index in [4.69, 9.17) is 22.9 Å². The van der Waals surface area contributed by atoms with E-state index in [-0.39, 0.29) is 34.3 Å². The molecule has 8 N–H and O–H groups in total. The first-order chi connectivity index (χ1) is 10.8. The van der Waals surface area contributed by atoms with Gasteiger partial charge in [0.15, 0.2) is 0 Å². The molecule has 0 aliphatic carbocycles. The summed E-state index contributed by atoms with van der Waals surface area (Å²) < 4.78 is 0. The molecular weight excluding hydrogens is 316 g/mol. The van der Waals surface area contributed by atoms with Crippen molar-refractivity contribution in [1.82, 2.24) is 29.9 Å². The minimum atomic E-state index is 0.133. The predicted octanol–water partition coefficient (Wildman–Crippen LogP) is -0.319. The van der Waals surface area contributed by atoms with Crippen LogP contribution in [0.15, 0.2) is 0 Å². The van der Waals surface area contributed by atoms with Crippen molar-refractivity contribution in [2.24, 2.45) is 0 Å². The molecule has 0 fully saturated rings. The van der Waals surface area contributed by atoms with Crippen molar-refractivity contribution < 1.29 is 0 Å². The summed E-state index contributed by atoms with van der Waals surface area (Å²) in [6.07, 6.45) is 1.26. The molecule has 10 nitrogen and oxygen atoms in total. The molecule has 0 aromatic carbocycles. The van der Waals surface area contributed by atoms with Crippen LogP contribution in [-0.4, -0.2) is 40.4 Å². The van der Waals surface area contributed by atoms with Gasteiger partial charge in [0.25, 0.3) is 0 Å². The number of nitrogen functional groups attached to an aromatic ring is 4. The highest BCUT2D eigenvalue weighted by molar-refractivity contribution is 8.00. The van der Waals surface area contributed by atoms with E-state index in [0.29, 0.717) is 24.5 Å². The Morgan fingerprint density at radius 2 is 0.957 bits per heavy atom. The highest BCUT2D eigenvalue weighted by Crippen LogP contribution is 2.22. The van der Waals surface area contributed by atoms with Crippen molar-refractivity contribution in [1.29, 1.82) is 0 Å². The first kappa shape index (κ1) is 16.9. The van der Waals surface area contributed by atoms with E-state index in [2.05, 4.69) is 43.8 Å². The third kappa shape index (κ3) is 5.36. The van der Waals surface area contributed by atoms with Gasteiger partial charge in [0.1, 0.15) is 11.6 Å². The topological polar surface area (TPSA) is 181 Å². The summed E-state index contributed by atoms with van der Waals surface area (Å²) in [4.78, 5) is 23.8. The van der Waals surface area contributed by atoms with E-state index in [1.165, 1.54) is 0 Å². The molecule has 0 amide bonds. The summed E-state index contributed by atoms with van der Waals surface area (Å²) in [6, 6.07) is 0. The second-order valence-corrected chi connectivity index (χ2v) is 6.98. The fourth-order valence-electron chi connectivity index (χ4n) is 2.10. The SMILES string of the molecule is CC(Cc1nc(N)nc(N)n1)SC(C)Cc1nc(N)nc(N)n1. The smallest absolute Gasteiger partial charge is 0.225 e. The van der Waals surface area contributed by atoms with E-state index < -0.39 is 0 Å². The molecule has 23 heavy (non-hydrogen) atoms. The molecule has 0 spiro atoms. The molecule has 0 bridgehead atoms. The van der Waals surface area contributed by atoms with Gasteiger partial charge >= 0.3 is 0 Å². The highest BCUT2D eigenvalue weighted by atomic mass is 32.2. The summed E-state index contributed by atoms with van der Waals surface area (Å²) in [5.74, 6) is 1.69. The summed E-state index contributed by atoms with van der Waals surface area (Å²) in [5, 5.41) is 0.505. The standard InChI is InChI=1S/C12H20N10S/c1-5(3-7-17-9(13)21-10(14)18-7)23-6(2)4-8-19-11(15)22-12(16)20-8/h5-6H,3-4H2,1-2H3,(H4,13,14,17,18,21)(H4,15,16,19,20,22). The second-order valence-electron chi connectivity index (χ2n) is 5.10. The zero-order valence-electron chi connectivity index (χ0n) is 13.0. The summed E-state index contributed by atoms with van der Waals surface area (Å²) >= 11 is 1.75. The Bertz CT molecular complexity index is 581. The third-order valence-electron chi connectivity index (χ3n) is 2.84. The van der Waals surface area contributed by atoms with Gasteiger partial charge < -0.3 is 22.9 Å². The highest BCUT2D eigenvalue weighted by Gasteiger charge is 2.15. The number of nitrogens with two attached hydrogens (primary N) is 4. The lowest BCUT2D eigenvalue weighted by Gasteiger charge is -2.16. The summed E-state index contributed by atoms with van der Waals surface area (Å²) in [5.41, 5.74) is 22.3. The van der Waals surface area contributed by atoms with Crippen LogP contribution in [0.1, 0.15) is 25.5 Å². The zero-order valence-corrected chi connectivity index (χ0v) is 13.8. The molecule has 11 heteroatoms. The van der Waals surface area contributed by atoms with Gasteiger partial charge in [-0.1, -0.05) is 13.8 Å². The number of anilines is 4. The van der Waals surface area contributed by atoms with Gasteiger partial charge in [-0.3, -0.25) is 0 Å². The average Bonchev–Trinajstić information content (AvgIpc) is 2.34. The third-order valence-corrected chi connectivity index (χ3v) is 4.10. The predicted molar refractivity (Wildman–Crippen MR) is 91.2 cm³/mol.